The van der Waals surface area contributed by atoms with Gasteiger partial charge < -0.3 is 4.74 Å². The number of rotatable bonds is 4. The van der Waals surface area contributed by atoms with Crippen LogP contribution in [0.1, 0.15) is 27.2 Å². The van der Waals surface area contributed by atoms with Crippen molar-refractivity contribution in [3.05, 3.63) is 0 Å². The second kappa shape index (κ2) is 5.55. The van der Waals surface area contributed by atoms with Crippen molar-refractivity contribution in [1.82, 2.24) is 4.72 Å². The first kappa shape index (κ1) is 14.5. The van der Waals surface area contributed by atoms with Crippen LogP contribution in [0.25, 0.3) is 0 Å². The van der Waals surface area contributed by atoms with Crippen LogP contribution in [-0.2, 0) is 14.8 Å². The summed E-state index contributed by atoms with van der Waals surface area (Å²) in [6.07, 6.45) is -0.670. The molecule has 7 heteroatoms. The van der Waals surface area contributed by atoms with Crippen LogP contribution in [0.2, 0.25) is 0 Å². The molecule has 0 aliphatic carbocycles. The van der Waals surface area contributed by atoms with Gasteiger partial charge in [-0.15, -0.1) is 11.6 Å². The van der Waals surface area contributed by atoms with Crippen LogP contribution >= 0.6 is 11.6 Å². The van der Waals surface area contributed by atoms with Gasteiger partial charge in [0.2, 0.25) is 10.0 Å². The number of alkyl halides is 1. The van der Waals surface area contributed by atoms with Crippen molar-refractivity contribution < 1.29 is 17.9 Å². The third-order valence-corrected chi connectivity index (χ3v) is 2.76. The van der Waals surface area contributed by atoms with E-state index < -0.39 is 21.7 Å². The van der Waals surface area contributed by atoms with E-state index in [0.717, 1.165) is 0 Å². The Kier molecular flexibility index (Phi) is 5.37. The Morgan fingerprint density at radius 2 is 1.93 bits per heavy atom. The summed E-state index contributed by atoms with van der Waals surface area (Å²) in [4.78, 5) is 11.1. The standard InChI is InChI=1S/C8H16ClNO4S/c1-8(2,3)14-7(11)10-15(12,13)6-4-5-9/h4-6H2,1-3H3,(H,10,11). The molecule has 0 bridgehead atoms. The number of halogens is 1. The Morgan fingerprint density at radius 3 is 2.33 bits per heavy atom. The second-order valence-electron chi connectivity index (χ2n) is 3.97. The van der Waals surface area contributed by atoms with E-state index in [2.05, 4.69) is 0 Å². The number of nitrogens with one attached hydrogen (secondary N) is 1. The first-order chi connectivity index (χ1) is 6.66. The van der Waals surface area contributed by atoms with Gasteiger partial charge in [-0.05, 0) is 27.2 Å². The molecule has 0 aliphatic rings. The van der Waals surface area contributed by atoms with Crippen LogP contribution in [0.5, 0.6) is 0 Å². The summed E-state index contributed by atoms with van der Waals surface area (Å²) < 4.78 is 29.0. The summed E-state index contributed by atoms with van der Waals surface area (Å²) in [5.74, 6) is 0.0466. The van der Waals surface area contributed by atoms with Crippen LogP contribution in [0.15, 0.2) is 0 Å². The molecule has 1 N–H and O–H groups in total. The fourth-order valence-corrected chi connectivity index (χ4v) is 1.94. The predicted molar refractivity (Wildman–Crippen MR) is 58.5 cm³/mol. The number of hydrogen-bond acceptors (Lipinski definition) is 4. The van der Waals surface area contributed by atoms with Crippen molar-refractivity contribution >= 4 is 27.7 Å². The number of ether oxygens (including phenoxy) is 1. The van der Waals surface area contributed by atoms with Gasteiger partial charge >= 0.3 is 6.09 Å². The number of hydrogen-bond donors (Lipinski definition) is 1. The number of sulfonamides is 1. The molecule has 90 valence electrons. The SMILES string of the molecule is CC(C)(C)OC(=O)NS(=O)(=O)CCCCl. The average molecular weight is 258 g/mol. The molecule has 0 aliphatic heterocycles. The maximum atomic E-state index is 11.2. The molecule has 0 unspecified atom stereocenters. The minimum absolute atomic E-state index is 0.185. The first-order valence-electron chi connectivity index (χ1n) is 4.46. The Labute approximate surface area is 95.2 Å². The van der Waals surface area contributed by atoms with Gasteiger partial charge in [0.1, 0.15) is 5.60 Å². The summed E-state index contributed by atoms with van der Waals surface area (Å²) >= 11 is 5.34. The third kappa shape index (κ3) is 8.50. The van der Waals surface area contributed by atoms with Gasteiger partial charge in [0.05, 0.1) is 5.75 Å². The Hall–Kier alpha value is -0.490. The molecule has 0 aromatic carbocycles. The molecule has 15 heavy (non-hydrogen) atoms. The first-order valence-corrected chi connectivity index (χ1v) is 6.64. The molecule has 0 saturated heterocycles. The zero-order valence-electron chi connectivity index (χ0n) is 9.04. The van der Waals surface area contributed by atoms with E-state index in [-0.39, 0.29) is 11.6 Å². The fraction of sp³-hybridized carbons (Fsp3) is 0.875. The molecule has 1 amide bonds. The Balaban J connectivity index is 4.17. The lowest BCUT2D eigenvalue weighted by Crippen LogP contribution is -2.37. The van der Waals surface area contributed by atoms with E-state index in [0.29, 0.717) is 6.42 Å². The summed E-state index contributed by atoms with van der Waals surface area (Å²) in [7, 11) is -3.62. The maximum Gasteiger partial charge on any atom is 0.421 e. The van der Waals surface area contributed by atoms with Crippen molar-refractivity contribution in [3.63, 3.8) is 0 Å². The monoisotopic (exact) mass is 257 g/mol. The lowest BCUT2D eigenvalue weighted by atomic mass is 10.2. The lowest BCUT2D eigenvalue weighted by molar-refractivity contribution is 0.0570. The zero-order chi connectivity index (χ0) is 12.1. The van der Waals surface area contributed by atoms with E-state index in [1.807, 2.05) is 0 Å². The summed E-state index contributed by atoms with van der Waals surface area (Å²) in [5, 5.41) is 0. The van der Waals surface area contributed by atoms with Gasteiger partial charge in [-0.2, -0.15) is 0 Å². The van der Waals surface area contributed by atoms with Gasteiger partial charge in [-0.25, -0.2) is 17.9 Å². The summed E-state index contributed by atoms with van der Waals surface area (Å²) in [6, 6.07) is 0. The quantitative estimate of drug-likeness (QED) is 0.774. The van der Waals surface area contributed by atoms with Crippen molar-refractivity contribution in [2.75, 3.05) is 11.6 Å². The predicted octanol–water partition coefficient (Wildman–Crippen LogP) is 1.47. The van der Waals surface area contributed by atoms with Crippen LogP contribution in [-0.4, -0.2) is 31.7 Å². The molecular weight excluding hydrogens is 242 g/mol. The van der Waals surface area contributed by atoms with E-state index in [9.17, 15) is 13.2 Å². The molecule has 0 atom stereocenters. The van der Waals surface area contributed by atoms with Crippen molar-refractivity contribution in [1.29, 1.82) is 0 Å². The van der Waals surface area contributed by atoms with Gasteiger partial charge in [-0.1, -0.05) is 0 Å². The highest BCUT2D eigenvalue weighted by Crippen LogP contribution is 2.07. The molecule has 0 aromatic heterocycles. The van der Waals surface area contributed by atoms with E-state index in [1.54, 1.807) is 25.5 Å². The van der Waals surface area contributed by atoms with Crippen LogP contribution in [0.4, 0.5) is 4.79 Å². The van der Waals surface area contributed by atoms with Gasteiger partial charge in [-0.3, -0.25) is 0 Å². The highest BCUT2D eigenvalue weighted by molar-refractivity contribution is 7.90. The summed E-state index contributed by atoms with van der Waals surface area (Å²) in [6.45, 7) is 4.95. The molecule has 0 spiro atoms. The number of amides is 1. The molecule has 0 fully saturated rings. The van der Waals surface area contributed by atoms with Crippen molar-refractivity contribution in [2.45, 2.75) is 32.8 Å². The third-order valence-electron chi connectivity index (χ3n) is 1.18. The molecule has 0 saturated carbocycles. The van der Waals surface area contributed by atoms with Crippen LogP contribution in [0, 0.1) is 0 Å². The minimum Gasteiger partial charge on any atom is -0.443 e. The van der Waals surface area contributed by atoms with Crippen LogP contribution < -0.4 is 4.72 Å². The fourth-order valence-electron chi connectivity index (χ4n) is 0.721. The largest absolute Gasteiger partial charge is 0.443 e. The highest BCUT2D eigenvalue weighted by Gasteiger charge is 2.20. The van der Waals surface area contributed by atoms with Gasteiger partial charge in [0.15, 0.2) is 0 Å². The average Bonchev–Trinajstić information content (AvgIpc) is 1.95. The minimum atomic E-state index is -3.62. The van der Waals surface area contributed by atoms with E-state index in [4.69, 9.17) is 16.3 Å². The molecule has 0 heterocycles. The van der Waals surface area contributed by atoms with Crippen molar-refractivity contribution in [3.8, 4) is 0 Å². The molecule has 0 rings (SSSR count). The highest BCUT2D eigenvalue weighted by atomic mass is 35.5. The smallest absolute Gasteiger partial charge is 0.421 e. The van der Waals surface area contributed by atoms with Gasteiger partial charge in [0, 0.05) is 5.88 Å². The maximum absolute atomic E-state index is 11.2. The molecular formula is C8H16ClNO4S. The van der Waals surface area contributed by atoms with E-state index in [1.165, 1.54) is 0 Å². The lowest BCUT2D eigenvalue weighted by Gasteiger charge is -2.19. The second-order valence-corrected chi connectivity index (χ2v) is 6.19. The Morgan fingerprint density at radius 1 is 1.40 bits per heavy atom. The van der Waals surface area contributed by atoms with E-state index >= 15 is 0 Å². The molecule has 0 aromatic rings. The number of carbonyl (C=O) groups is 1. The van der Waals surface area contributed by atoms with Gasteiger partial charge in [0.25, 0.3) is 0 Å². The van der Waals surface area contributed by atoms with Crippen molar-refractivity contribution in [2.24, 2.45) is 0 Å². The topological polar surface area (TPSA) is 72.5 Å². The summed E-state index contributed by atoms with van der Waals surface area (Å²) in [5.41, 5.74) is -0.716. The molecule has 5 nitrogen and oxygen atoms in total. The van der Waals surface area contributed by atoms with Crippen LogP contribution in [0.3, 0.4) is 0 Å². The number of carbonyl (C=O) groups excluding carboxylic acids is 1. The Bertz CT molecular complexity index is 307. The zero-order valence-corrected chi connectivity index (χ0v) is 10.6. The molecule has 0 radical (unpaired) electrons. The normalized spacial score (nSPS) is 12.3.